The minimum atomic E-state index is 0.323. The van der Waals surface area contributed by atoms with Crippen molar-refractivity contribution in [3.05, 3.63) is 108 Å². The molecule has 0 atom stereocenters. The van der Waals surface area contributed by atoms with Gasteiger partial charge in [-0.05, 0) is 55.7 Å². The van der Waals surface area contributed by atoms with Crippen molar-refractivity contribution in [3.63, 3.8) is 0 Å². The molecule has 0 aromatic carbocycles. The van der Waals surface area contributed by atoms with Crippen LogP contribution in [0.15, 0.2) is 86.5 Å². The SMILES string of the molecule is C=C/C=C(/c1ccc(C(=C)C)s1)c1cc(-c2[nH]nc3ncc(-c4cncc(NC(=C)C(C)C)c4)cc23)[nH]c1C. The highest BCUT2D eigenvalue weighted by molar-refractivity contribution is 7.14. The van der Waals surface area contributed by atoms with Gasteiger partial charge in [0.2, 0.25) is 0 Å². The minimum Gasteiger partial charge on any atom is -0.358 e. The Morgan fingerprint density at radius 1 is 1.05 bits per heavy atom. The number of nitrogens with one attached hydrogen (secondary N) is 3. The van der Waals surface area contributed by atoms with E-state index in [0.29, 0.717) is 11.6 Å². The minimum absolute atomic E-state index is 0.323. The second-order valence-electron chi connectivity index (χ2n) is 9.94. The Morgan fingerprint density at radius 2 is 1.82 bits per heavy atom. The van der Waals surface area contributed by atoms with Crippen molar-refractivity contribution in [2.45, 2.75) is 27.7 Å². The molecule has 0 fully saturated rings. The Balaban J connectivity index is 1.53. The predicted molar refractivity (Wildman–Crippen MR) is 166 cm³/mol. The molecule has 5 aromatic rings. The number of thiophene rings is 1. The fraction of sp³-hybridized carbons (Fsp3) is 0.156. The van der Waals surface area contributed by atoms with Crippen LogP contribution in [0.5, 0.6) is 0 Å². The molecule has 0 aliphatic rings. The molecule has 5 aromatic heterocycles. The highest BCUT2D eigenvalue weighted by Gasteiger charge is 2.18. The molecular formula is C32H32N6S. The average molecular weight is 533 g/mol. The second kappa shape index (κ2) is 10.7. The van der Waals surface area contributed by atoms with Gasteiger partial charge < -0.3 is 10.3 Å². The van der Waals surface area contributed by atoms with Gasteiger partial charge in [-0.25, -0.2) is 4.98 Å². The molecule has 0 saturated carbocycles. The van der Waals surface area contributed by atoms with Crippen LogP contribution in [0.25, 0.3) is 44.7 Å². The molecule has 7 heteroatoms. The van der Waals surface area contributed by atoms with Gasteiger partial charge in [0.15, 0.2) is 5.65 Å². The molecule has 196 valence electrons. The quantitative estimate of drug-likeness (QED) is 0.166. The summed E-state index contributed by atoms with van der Waals surface area (Å²) in [4.78, 5) is 15.0. The van der Waals surface area contributed by atoms with Gasteiger partial charge in [0, 0.05) is 61.2 Å². The molecule has 0 aliphatic carbocycles. The zero-order valence-corrected chi connectivity index (χ0v) is 23.5. The van der Waals surface area contributed by atoms with Gasteiger partial charge in [-0.3, -0.25) is 10.1 Å². The topological polar surface area (TPSA) is 82.3 Å². The van der Waals surface area contributed by atoms with Crippen LogP contribution in [-0.2, 0) is 0 Å². The first kappa shape index (κ1) is 26.1. The third-order valence-electron chi connectivity index (χ3n) is 6.63. The number of pyridine rings is 2. The van der Waals surface area contributed by atoms with Gasteiger partial charge in [0.25, 0.3) is 0 Å². The zero-order chi connectivity index (χ0) is 27.7. The summed E-state index contributed by atoms with van der Waals surface area (Å²) in [7, 11) is 0. The molecule has 0 amide bonds. The molecule has 6 nitrogen and oxygen atoms in total. The van der Waals surface area contributed by atoms with E-state index in [4.69, 9.17) is 0 Å². The molecule has 3 N–H and O–H groups in total. The van der Waals surface area contributed by atoms with Crippen molar-refractivity contribution in [1.29, 1.82) is 0 Å². The summed E-state index contributed by atoms with van der Waals surface area (Å²) < 4.78 is 0. The van der Waals surface area contributed by atoms with Gasteiger partial charge in [-0.2, -0.15) is 5.10 Å². The van der Waals surface area contributed by atoms with Crippen LogP contribution in [0.3, 0.4) is 0 Å². The van der Waals surface area contributed by atoms with Crippen LogP contribution in [0.4, 0.5) is 5.69 Å². The molecule has 0 aliphatic heterocycles. The normalized spacial score (nSPS) is 11.8. The number of H-pyrrole nitrogens is 2. The Bertz CT molecular complexity index is 1740. The molecular weight excluding hydrogens is 500 g/mol. The summed E-state index contributed by atoms with van der Waals surface area (Å²) >= 11 is 1.73. The summed E-state index contributed by atoms with van der Waals surface area (Å²) in [6.45, 7) is 20.5. The summed E-state index contributed by atoms with van der Waals surface area (Å²) in [5.41, 5.74) is 10.6. The van der Waals surface area contributed by atoms with Crippen LogP contribution >= 0.6 is 11.3 Å². The van der Waals surface area contributed by atoms with Crippen molar-refractivity contribution < 1.29 is 0 Å². The number of aryl methyl sites for hydroxylation is 1. The van der Waals surface area contributed by atoms with Crippen LogP contribution in [-0.4, -0.2) is 25.1 Å². The van der Waals surface area contributed by atoms with E-state index in [9.17, 15) is 0 Å². The average Bonchev–Trinajstić information content (AvgIpc) is 3.65. The number of nitrogens with zero attached hydrogens (tertiary/aromatic N) is 3. The Labute approximate surface area is 233 Å². The lowest BCUT2D eigenvalue weighted by molar-refractivity contribution is 0.778. The van der Waals surface area contributed by atoms with E-state index >= 15 is 0 Å². The number of hydrogen-bond donors (Lipinski definition) is 3. The number of aromatic nitrogens is 5. The number of rotatable bonds is 9. The van der Waals surface area contributed by atoms with E-state index in [1.165, 1.54) is 9.75 Å². The summed E-state index contributed by atoms with van der Waals surface area (Å²) in [6.07, 6.45) is 9.36. The molecule has 0 spiro atoms. The van der Waals surface area contributed by atoms with Crippen LogP contribution in [0, 0.1) is 12.8 Å². The van der Waals surface area contributed by atoms with Gasteiger partial charge in [0.1, 0.15) is 0 Å². The summed E-state index contributed by atoms with van der Waals surface area (Å²) in [5.74, 6) is 0.323. The second-order valence-corrected chi connectivity index (χ2v) is 11.0. The predicted octanol–water partition coefficient (Wildman–Crippen LogP) is 8.62. The number of fused-ring (bicyclic) bond motifs is 1. The van der Waals surface area contributed by atoms with E-state index in [0.717, 1.165) is 61.7 Å². The fourth-order valence-electron chi connectivity index (χ4n) is 4.37. The first-order valence-corrected chi connectivity index (χ1v) is 13.6. The molecule has 0 saturated heterocycles. The number of aromatic amines is 2. The molecule has 0 unspecified atom stereocenters. The first-order valence-electron chi connectivity index (χ1n) is 12.8. The lowest BCUT2D eigenvalue weighted by atomic mass is 10.0. The van der Waals surface area contributed by atoms with E-state index in [-0.39, 0.29) is 0 Å². The lowest BCUT2D eigenvalue weighted by Crippen LogP contribution is -2.04. The van der Waals surface area contributed by atoms with Gasteiger partial charge in [0.05, 0.1) is 23.3 Å². The van der Waals surface area contributed by atoms with Gasteiger partial charge >= 0.3 is 0 Å². The van der Waals surface area contributed by atoms with Crippen LogP contribution < -0.4 is 5.32 Å². The Kier molecular flexibility index (Phi) is 7.17. The molecule has 0 radical (unpaired) electrons. The fourth-order valence-corrected chi connectivity index (χ4v) is 5.34. The van der Waals surface area contributed by atoms with E-state index in [1.807, 2.05) is 25.4 Å². The maximum Gasteiger partial charge on any atom is 0.181 e. The Morgan fingerprint density at radius 3 is 2.54 bits per heavy atom. The lowest BCUT2D eigenvalue weighted by Gasteiger charge is -2.13. The van der Waals surface area contributed by atoms with Crippen molar-refractivity contribution in [2.24, 2.45) is 5.92 Å². The number of allylic oxidation sites excluding steroid dienone is 4. The summed E-state index contributed by atoms with van der Waals surface area (Å²) in [5, 5.41) is 12.0. The smallest absolute Gasteiger partial charge is 0.181 e. The largest absolute Gasteiger partial charge is 0.358 e. The Hall–Kier alpha value is -4.49. The van der Waals surface area contributed by atoms with Crippen molar-refractivity contribution in [1.82, 2.24) is 25.1 Å². The summed E-state index contributed by atoms with van der Waals surface area (Å²) in [6, 6.07) is 10.6. The monoisotopic (exact) mass is 532 g/mol. The van der Waals surface area contributed by atoms with Crippen molar-refractivity contribution >= 4 is 39.2 Å². The van der Waals surface area contributed by atoms with Gasteiger partial charge in [-0.1, -0.05) is 45.7 Å². The van der Waals surface area contributed by atoms with Gasteiger partial charge in [-0.15, -0.1) is 11.3 Å². The zero-order valence-electron chi connectivity index (χ0n) is 22.7. The number of hydrogen-bond acceptors (Lipinski definition) is 5. The first-order chi connectivity index (χ1) is 18.7. The van der Waals surface area contributed by atoms with E-state index in [1.54, 1.807) is 17.5 Å². The van der Waals surface area contributed by atoms with E-state index in [2.05, 4.69) is 107 Å². The third-order valence-corrected chi connectivity index (χ3v) is 7.91. The maximum absolute atomic E-state index is 4.63. The number of anilines is 1. The molecule has 5 heterocycles. The van der Waals surface area contributed by atoms with E-state index < -0.39 is 0 Å². The van der Waals surface area contributed by atoms with Crippen molar-refractivity contribution in [2.75, 3.05) is 5.32 Å². The highest BCUT2D eigenvalue weighted by atomic mass is 32.1. The standard InChI is InChI=1S/C32H32N6S/c1-8-9-25(30-11-10-29(39-30)19(4)5)26-14-28(36-21(26)7)31-27-13-23(16-34-32(27)38-37-31)22-12-24(17-33-15-22)35-20(6)18(2)3/h8-18,35-36H,1,4,6H2,2-3,5,7H3,(H,34,37,38)/b25-9+. The maximum atomic E-state index is 4.63. The molecule has 0 bridgehead atoms. The van der Waals surface area contributed by atoms with Crippen molar-refractivity contribution in [3.8, 4) is 22.5 Å². The highest BCUT2D eigenvalue weighted by Crippen LogP contribution is 2.37. The van der Waals surface area contributed by atoms with Crippen LogP contribution in [0.2, 0.25) is 0 Å². The van der Waals surface area contributed by atoms with Crippen LogP contribution in [0.1, 0.15) is 41.8 Å². The third kappa shape index (κ3) is 5.26. The molecule has 39 heavy (non-hydrogen) atoms. The molecule has 5 rings (SSSR count).